The summed E-state index contributed by atoms with van der Waals surface area (Å²) in [6.45, 7) is -2.69. The fourth-order valence-corrected chi connectivity index (χ4v) is 1.98. The van der Waals surface area contributed by atoms with E-state index in [1.54, 1.807) is 0 Å². The second-order valence-corrected chi connectivity index (χ2v) is 5.37. The normalized spacial score (nSPS) is 14.4. The summed E-state index contributed by atoms with van der Waals surface area (Å²) in [7, 11) is 1.03. The Hall–Kier alpha value is -2.89. The number of rotatable bonds is 7. The second kappa shape index (κ2) is 8.28. The number of carbonyl (C=O) groups excluding carboxylic acids is 2. The van der Waals surface area contributed by atoms with E-state index in [1.165, 1.54) is 18.2 Å². The van der Waals surface area contributed by atoms with Crippen LogP contribution in [0.25, 0.3) is 0 Å². The molecule has 25 heavy (non-hydrogen) atoms. The van der Waals surface area contributed by atoms with Gasteiger partial charge >= 0.3 is 18.5 Å². The predicted molar refractivity (Wildman–Crippen MR) is 79.8 cm³/mol. The highest BCUT2D eigenvalue weighted by Gasteiger charge is 2.25. The summed E-state index contributed by atoms with van der Waals surface area (Å²) >= 11 is 0. The summed E-state index contributed by atoms with van der Waals surface area (Å²) in [5.41, 5.74) is 0.257. The number of halogens is 2. The molecule has 1 atom stereocenters. The van der Waals surface area contributed by atoms with Crippen LogP contribution in [0.4, 0.5) is 8.78 Å². The van der Waals surface area contributed by atoms with Crippen molar-refractivity contribution in [2.75, 3.05) is 13.7 Å². The van der Waals surface area contributed by atoms with Crippen molar-refractivity contribution in [3.8, 4) is 17.6 Å². The van der Waals surface area contributed by atoms with E-state index in [1.807, 2.05) is 6.07 Å². The van der Waals surface area contributed by atoms with Gasteiger partial charge in [-0.05, 0) is 36.5 Å². The Morgan fingerprint density at radius 1 is 1.36 bits per heavy atom. The Morgan fingerprint density at radius 2 is 2.08 bits per heavy atom. The maximum absolute atomic E-state index is 12.5. The Balaban J connectivity index is 2.19. The Bertz CT molecular complexity index is 686. The molecule has 7 nitrogen and oxygen atoms in total. The smallest absolute Gasteiger partial charge is 0.396 e. The Labute approximate surface area is 142 Å². The standard InChI is InChI=1S/C16H16F2N2O5/c1-23-15(22)14(21)20-11(7-19)10-4-5-12(25-16(17)18)13(6-10)24-8-9-2-3-9/h4-6,9,11,16H,2-3,8H2,1H3,(H,20,21). The minimum atomic E-state index is -3.03. The van der Waals surface area contributed by atoms with Crippen LogP contribution in [0.5, 0.6) is 11.5 Å². The molecular weight excluding hydrogens is 338 g/mol. The summed E-state index contributed by atoms with van der Waals surface area (Å²) in [4.78, 5) is 22.7. The third-order valence-electron chi connectivity index (χ3n) is 3.46. The van der Waals surface area contributed by atoms with Gasteiger partial charge in [-0.2, -0.15) is 14.0 Å². The molecule has 0 radical (unpaired) electrons. The predicted octanol–water partition coefficient (Wildman–Crippen LogP) is 1.93. The van der Waals surface area contributed by atoms with Crippen molar-refractivity contribution in [3.63, 3.8) is 0 Å². The van der Waals surface area contributed by atoms with Crippen LogP contribution in [0.1, 0.15) is 24.4 Å². The maximum atomic E-state index is 12.5. The lowest BCUT2D eigenvalue weighted by molar-refractivity contribution is -0.152. The number of methoxy groups -OCH3 is 1. The summed E-state index contributed by atoms with van der Waals surface area (Å²) in [6, 6.07) is 4.50. The van der Waals surface area contributed by atoms with Gasteiger partial charge in [-0.25, -0.2) is 4.79 Å². The fourth-order valence-electron chi connectivity index (χ4n) is 1.98. The number of ether oxygens (including phenoxy) is 3. The SMILES string of the molecule is COC(=O)C(=O)NC(C#N)c1ccc(OC(F)F)c(OCC2CC2)c1. The zero-order chi connectivity index (χ0) is 18.4. The number of nitrogens with one attached hydrogen (secondary N) is 1. The molecule has 1 aromatic carbocycles. The van der Waals surface area contributed by atoms with Gasteiger partial charge in [0, 0.05) is 0 Å². The second-order valence-electron chi connectivity index (χ2n) is 5.37. The highest BCUT2D eigenvalue weighted by atomic mass is 19.3. The summed E-state index contributed by atoms with van der Waals surface area (Å²) in [6.07, 6.45) is 2.00. The van der Waals surface area contributed by atoms with Crippen LogP contribution >= 0.6 is 0 Å². The number of nitrogens with zero attached hydrogens (tertiary/aromatic N) is 1. The number of amides is 1. The van der Waals surface area contributed by atoms with Gasteiger partial charge in [0.05, 0.1) is 19.8 Å². The molecule has 0 bridgehead atoms. The number of carbonyl (C=O) groups is 2. The minimum absolute atomic E-state index is 0.0391. The third kappa shape index (κ3) is 5.31. The van der Waals surface area contributed by atoms with Crippen molar-refractivity contribution in [2.24, 2.45) is 5.92 Å². The van der Waals surface area contributed by atoms with E-state index in [0.29, 0.717) is 12.5 Å². The van der Waals surface area contributed by atoms with Gasteiger partial charge in [0.1, 0.15) is 6.04 Å². The molecule has 1 aliphatic rings. The van der Waals surface area contributed by atoms with Crippen LogP contribution in [0.3, 0.4) is 0 Å². The van der Waals surface area contributed by atoms with Gasteiger partial charge in [0.15, 0.2) is 11.5 Å². The molecule has 1 N–H and O–H groups in total. The molecule has 1 unspecified atom stereocenters. The van der Waals surface area contributed by atoms with Crippen LogP contribution in [0, 0.1) is 17.2 Å². The lowest BCUT2D eigenvalue weighted by Crippen LogP contribution is -2.34. The molecule has 0 aliphatic heterocycles. The lowest BCUT2D eigenvalue weighted by Gasteiger charge is -2.16. The Kier molecular flexibility index (Phi) is 6.11. The maximum Gasteiger partial charge on any atom is 0.396 e. The van der Waals surface area contributed by atoms with Crippen molar-refractivity contribution < 1.29 is 32.6 Å². The molecule has 1 aliphatic carbocycles. The molecule has 0 saturated heterocycles. The van der Waals surface area contributed by atoms with E-state index in [4.69, 9.17) is 4.74 Å². The molecule has 9 heteroatoms. The van der Waals surface area contributed by atoms with Crippen LogP contribution in [0.2, 0.25) is 0 Å². The topological polar surface area (TPSA) is 97.7 Å². The molecular formula is C16H16F2N2O5. The van der Waals surface area contributed by atoms with E-state index >= 15 is 0 Å². The summed E-state index contributed by atoms with van der Waals surface area (Å²) in [5, 5.41) is 11.4. The first kappa shape index (κ1) is 18.4. The van der Waals surface area contributed by atoms with Gasteiger partial charge < -0.3 is 19.5 Å². The van der Waals surface area contributed by atoms with Gasteiger partial charge in [-0.15, -0.1) is 0 Å². The molecule has 134 valence electrons. The van der Waals surface area contributed by atoms with Crippen LogP contribution in [-0.2, 0) is 14.3 Å². The highest BCUT2D eigenvalue weighted by molar-refractivity contribution is 6.32. The molecule has 1 fully saturated rings. The zero-order valence-corrected chi connectivity index (χ0v) is 13.3. The Morgan fingerprint density at radius 3 is 2.64 bits per heavy atom. The molecule has 1 aromatic rings. The van der Waals surface area contributed by atoms with E-state index in [-0.39, 0.29) is 17.1 Å². The quantitative estimate of drug-likeness (QED) is 0.593. The monoisotopic (exact) mass is 354 g/mol. The molecule has 0 aromatic heterocycles. The minimum Gasteiger partial charge on any atom is -0.489 e. The number of alkyl halides is 2. The molecule has 0 heterocycles. The number of benzene rings is 1. The average molecular weight is 354 g/mol. The molecule has 0 spiro atoms. The zero-order valence-electron chi connectivity index (χ0n) is 13.3. The number of nitriles is 1. The van der Waals surface area contributed by atoms with Gasteiger partial charge in [0.25, 0.3) is 0 Å². The first-order valence-corrected chi connectivity index (χ1v) is 7.44. The third-order valence-corrected chi connectivity index (χ3v) is 3.46. The van der Waals surface area contributed by atoms with Crippen molar-refractivity contribution >= 4 is 11.9 Å². The largest absolute Gasteiger partial charge is 0.489 e. The molecule has 1 amide bonds. The highest BCUT2D eigenvalue weighted by Crippen LogP contribution is 2.35. The van der Waals surface area contributed by atoms with E-state index in [0.717, 1.165) is 20.0 Å². The van der Waals surface area contributed by atoms with Crippen LogP contribution < -0.4 is 14.8 Å². The lowest BCUT2D eigenvalue weighted by atomic mass is 10.1. The van der Waals surface area contributed by atoms with E-state index in [2.05, 4.69) is 14.8 Å². The summed E-state index contributed by atoms with van der Waals surface area (Å²) in [5.74, 6) is -2.01. The van der Waals surface area contributed by atoms with Gasteiger partial charge in [0.2, 0.25) is 0 Å². The fraction of sp³-hybridized carbons (Fsp3) is 0.438. The van der Waals surface area contributed by atoms with Crippen molar-refractivity contribution in [2.45, 2.75) is 25.5 Å². The molecule has 2 rings (SSSR count). The van der Waals surface area contributed by atoms with Gasteiger partial charge in [-0.1, -0.05) is 6.07 Å². The van der Waals surface area contributed by atoms with E-state index in [9.17, 15) is 23.6 Å². The van der Waals surface area contributed by atoms with Crippen molar-refractivity contribution in [3.05, 3.63) is 23.8 Å². The van der Waals surface area contributed by atoms with Crippen LogP contribution in [0.15, 0.2) is 18.2 Å². The van der Waals surface area contributed by atoms with Crippen molar-refractivity contribution in [1.82, 2.24) is 5.32 Å². The first-order valence-electron chi connectivity index (χ1n) is 7.44. The van der Waals surface area contributed by atoms with Crippen LogP contribution in [-0.4, -0.2) is 32.2 Å². The summed E-state index contributed by atoms with van der Waals surface area (Å²) < 4.78 is 39.2. The number of hydrogen-bond donors (Lipinski definition) is 1. The van der Waals surface area contributed by atoms with Crippen molar-refractivity contribution in [1.29, 1.82) is 5.26 Å². The molecule has 1 saturated carbocycles. The first-order chi connectivity index (χ1) is 11.9. The van der Waals surface area contributed by atoms with Gasteiger partial charge in [-0.3, -0.25) is 4.79 Å². The van der Waals surface area contributed by atoms with E-state index < -0.39 is 24.5 Å². The number of esters is 1. The average Bonchev–Trinajstić information content (AvgIpc) is 3.41. The number of hydrogen-bond acceptors (Lipinski definition) is 6.